The molecule has 1 fully saturated rings. The zero-order valence-electron chi connectivity index (χ0n) is 11.4. The van der Waals surface area contributed by atoms with E-state index in [9.17, 15) is 19.3 Å². The lowest BCUT2D eigenvalue weighted by molar-refractivity contribution is -0.387. The molecule has 6 nitrogen and oxygen atoms in total. The van der Waals surface area contributed by atoms with E-state index in [1.54, 1.807) is 0 Å². The van der Waals surface area contributed by atoms with E-state index in [2.05, 4.69) is 5.32 Å². The normalized spacial score (nSPS) is 22.0. The summed E-state index contributed by atoms with van der Waals surface area (Å²) in [6.45, 7) is 0.204. The van der Waals surface area contributed by atoms with Crippen LogP contribution in [0.3, 0.4) is 0 Å². The molecule has 1 aliphatic rings. The fraction of sp³-hybridized carbons (Fsp3) is 0.500. The van der Waals surface area contributed by atoms with Crippen molar-refractivity contribution in [1.82, 2.24) is 5.32 Å². The summed E-state index contributed by atoms with van der Waals surface area (Å²) in [4.78, 5) is 20.8. The van der Waals surface area contributed by atoms with E-state index < -0.39 is 22.4 Å². The number of carboxylic acid groups (broad SMARTS) is 1. The van der Waals surface area contributed by atoms with Gasteiger partial charge in [0.25, 0.3) is 0 Å². The highest BCUT2D eigenvalue weighted by Crippen LogP contribution is 2.25. The van der Waals surface area contributed by atoms with Crippen molar-refractivity contribution in [2.75, 3.05) is 0 Å². The van der Waals surface area contributed by atoms with Crippen LogP contribution in [-0.2, 0) is 11.3 Å². The first kappa shape index (κ1) is 15.4. The van der Waals surface area contributed by atoms with Gasteiger partial charge in [0.2, 0.25) is 5.82 Å². The Labute approximate surface area is 121 Å². The van der Waals surface area contributed by atoms with Gasteiger partial charge in [0.05, 0.1) is 10.8 Å². The molecular weight excluding hydrogens is 279 g/mol. The summed E-state index contributed by atoms with van der Waals surface area (Å²) >= 11 is 0. The first-order valence-electron chi connectivity index (χ1n) is 6.87. The molecule has 1 aromatic carbocycles. The highest BCUT2D eigenvalue weighted by Gasteiger charge is 2.26. The second kappa shape index (κ2) is 6.62. The zero-order chi connectivity index (χ0) is 15.4. The van der Waals surface area contributed by atoms with Crippen LogP contribution < -0.4 is 5.32 Å². The van der Waals surface area contributed by atoms with Gasteiger partial charge in [0, 0.05) is 24.2 Å². The van der Waals surface area contributed by atoms with Crippen LogP contribution in [0.5, 0.6) is 0 Å². The van der Waals surface area contributed by atoms with Gasteiger partial charge in [-0.2, -0.15) is 4.39 Å². The van der Waals surface area contributed by atoms with Gasteiger partial charge in [-0.05, 0) is 25.7 Å². The number of nitrogens with one attached hydrogen (secondary N) is 1. The molecule has 0 spiro atoms. The number of nitro benzene ring substituents is 1. The minimum absolute atomic E-state index is 0.124. The van der Waals surface area contributed by atoms with Crippen molar-refractivity contribution in [2.45, 2.75) is 38.3 Å². The average molecular weight is 296 g/mol. The van der Waals surface area contributed by atoms with Gasteiger partial charge in [-0.15, -0.1) is 0 Å². The summed E-state index contributed by atoms with van der Waals surface area (Å²) in [5.74, 6) is -1.87. The SMILES string of the molecule is O=C(O)C1CCC(NCc2cccc([N+](=O)[O-])c2F)CC1. The van der Waals surface area contributed by atoms with Crippen LogP contribution in [0.25, 0.3) is 0 Å². The molecule has 0 heterocycles. The Morgan fingerprint density at radius 1 is 1.38 bits per heavy atom. The van der Waals surface area contributed by atoms with Gasteiger partial charge in [-0.1, -0.05) is 12.1 Å². The summed E-state index contributed by atoms with van der Waals surface area (Å²) in [7, 11) is 0. The minimum Gasteiger partial charge on any atom is -0.481 e. The van der Waals surface area contributed by atoms with Crippen LogP contribution >= 0.6 is 0 Å². The Morgan fingerprint density at radius 2 is 2.05 bits per heavy atom. The Morgan fingerprint density at radius 3 is 2.62 bits per heavy atom. The Bertz CT molecular complexity index is 542. The van der Waals surface area contributed by atoms with Crippen molar-refractivity contribution in [1.29, 1.82) is 0 Å². The lowest BCUT2D eigenvalue weighted by Gasteiger charge is -2.27. The quantitative estimate of drug-likeness (QED) is 0.643. The van der Waals surface area contributed by atoms with E-state index >= 15 is 0 Å². The average Bonchev–Trinajstić information content (AvgIpc) is 2.46. The summed E-state index contributed by atoms with van der Waals surface area (Å²) in [6.07, 6.45) is 2.63. The third kappa shape index (κ3) is 3.75. The van der Waals surface area contributed by atoms with Crippen molar-refractivity contribution >= 4 is 11.7 Å². The van der Waals surface area contributed by atoms with Crippen molar-refractivity contribution in [3.8, 4) is 0 Å². The summed E-state index contributed by atoms with van der Waals surface area (Å²) < 4.78 is 13.9. The molecule has 0 bridgehead atoms. The van der Waals surface area contributed by atoms with Crippen molar-refractivity contribution < 1.29 is 19.2 Å². The summed E-state index contributed by atoms with van der Waals surface area (Å²) in [5.41, 5.74) is -0.270. The van der Waals surface area contributed by atoms with E-state index in [4.69, 9.17) is 5.11 Å². The highest BCUT2D eigenvalue weighted by atomic mass is 19.1. The molecule has 0 atom stereocenters. The fourth-order valence-corrected chi connectivity index (χ4v) is 2.64. The van der Waals surface area contributed by atoms with E-state index in [0.29, 0.717) is 25.7 Å². The number of carbonyl (C=O) groups is 1. The summed E-state index contributed by atoms with van der Waals surface area (Å²) in [5, 5.41) is 22.7. The zero-order valence-corrected chi connectivity index (χ0v) is 11.4. The first-order valence-corrected chi connectivity index (χ1v) is 6.87. The lowest BCUT2D eigenvalue weighted by atomic mass is 9.86. The molecule has 0 unspecified atom stereocenters. The third-order valence-electron chi connectivity index (χ3n) is 3.91. The van der Waals surface area contributed by atoms with E-state index in [0.717, 1.165) is 6.07 Å². The number of benzene rings is 1. The number of carboxylic acids is 1. The largest absolute Gasteiger partial charge is 0.481 e. The molecule has 0 aliphatic heterocycles. The molecule has 2 rings (SSSR count). The molecule has 0 radical (unpaired) electrons. The number of hydrogen-bond acceptors (Lipinski definition) is 4. The predicted molar refractivity (Wildman–Crippen MR) is 73.3 cm³/mol. The maximum atomic E-state index is 13.9. The molecule has 0 amide bonds. The Balaban J connectivity index is 1.91. The van der Waals surface area contributed by atoms with Crippen LogP contribution in [0.15, 0.2) is 18.2 Å². The van der Waals surface area contributed by atoms with Crippen LogP contribution in [0, 0.1) is 21.8 Å². The predicted octanol–water partition coefficient (Wildman–Crippen LogP) is 2.47. The van der Waals surface area contributed by atoms with E-state index in [1.165, 1.54) is 12.1 Å². The van der Waals surface area contributed by atoms with Gasteiger partial charge in [-0.3, -0.25) is 14.9 Å². The number of rotatable bonds is 5. The lowest BCUT2D eigenvalue weighted by Crippen LogP contribution is -2.34. The molecule has 1 aliphatic carbocycles. The van der Waals surface area contributed by atoms with Gasteiger partial charge >= 0.3 is 11.7 Å². The maximum absolute atomic E-state index is 13.9. The van der Waals surface area contributed by atoms with Gasteiger partial charge in [0.15, 0.2) is 0 Å². The van der Waals surface area contributed by atoms with Crippen LogP contribution in [0.2, 0.25) is 0 Å². The first-order chi connectivity index (χ1) is 9.99. The maximum Gasteiger partial charge on any atom is 0.306 e. The van der Waals surface area contributed by atoms with E-state index in [-0.39, 0.29) is 24.1 Å². The molecule has 7 heteroatoms. The Hall–Kier alpha value is -2.02. The smallest absolute Gasteiger partial charge is 0.306 e. The van der Waals surface area contributed by atoms with Crippen molar-refractivity contribution in [3.05, 3.63) is 39.7 Å². The van der Waals surface area contributed by atoms with Crippen LogP contribution in [0.4, 0.5) is 10.1 Å². The standard InChI is InChI=1S/C14H17FN2O4/c15-13-10(2-1-3-12(13)17(20)21)8-16-11-6-4-9(5-7-11)14(18)19/h1-3,9,11,16H,4-8H2,(H,18,19). The molecule has 1 saturated carbocycles. The number of aliphatic carboxylic acids is 1. The fourth-order valence-electron chi connectivity index (χ4n) is 2.64. The van der Waals surface area contributed by atoms with Gasteiger partial charge < -0.3 is 10.4 Å². The summed E-state index contributed by atoms with van der Waals surface area (Å²) in [6, 6.07) is 4.23. The molecule has 1 aromatic rings. The van der Waals surface area contributed by atoms with Crippen molar-refractivity contribution in [3.63, 3.8) is 0 Å². The molecule has 21 heavy (non-hydrogen) atoms. The van der Waals surface area contributed by atoms with Crippen molar-refractivity contribution in [2.24, 2.45) is 5.92 Å². The highest BCUT2D eigenvalue weighted by molar-refractivity contribution is 5.70. The minimum atomic E-state index is -0.811. The van der Waals surface area contributed by atoms with Crippen LogP contribution in [0.1, 0.15) is 31.2 Å². The molecule has 2 N–H and O–H groups in total. The number of hydrogen-bond donors (Lipinski definition) is 2. The van der Waals surface area contributed by atoms with Gasteiger partial charge in [0.1, 0.15) is 0 Å². The van der Waals surface area contributed by atoms with Crippen LogP contribution in [-0.4, -0.2) is 22.0 Å². The Kier molecular flexibility index (Phi) is 4.85. The second-order valence-electron chi connectivity index (χ2n) is 5.28. The number of nitro groups is 1. The van der Waals surface area contributed by atoms with Gasteiger partial charge in [-0.25, -0.2) is 0 Å². The molecule has 0 aromatic heterocycles. The molecule has 0 saturated heterocycles. The monoisotopic (exact) mass is 296 g/mol. The second-order valence-corrected chi connectivity index (χ2v) is 5.28. The third-order valence-corrected chi connectivity index (χ3v) is 3.91. The number of nitrogens with zero attached hydrogens (tertiary/aromatic N) is 1. The molecule has 114 valence electrons. The van der Waals surface area contributed by atoms with E-state index in [1.807, 2.05) is 0 Å². The molecular formula is C14H17FN2O4. The topological polar surface area (TPSA) is 92.5 Å². The number of halogens is 1.